The Morgan fingerprint density at radius 2 is 1.79 bits per heavy atom. The molecular formula is C18H18N4OS. The Morgan fingerprint density at radius 3 is 2.46 bits per heavy atom. The summed E-state index contributed by atoms with van der Waals surface area (Å²) < 4.78 is 1.89. The Hall–Kier alpha value is -2.60. The number of benzene rings is 2. The van der Waals surface area contributed by atoms with Gasteiger partial charge in [0.15, 0.2) is 5.16 Å². The van der Waals surface area contributed by atoms with E-state index in [9.17, 15) is 4.79 Å². The van der Waals surface area contributed by atoms with E-state index in [0.717, 1.165) is 11.3 Å². The van der Waals surface area contributed by atoms with Gasteiger partial charge in [-0.1, -0.05) is 60.3 Å². The van der Waals surface area contributed by atoms with Crippen LogP contribution in [-0.2, 0) is 11.2 Å². The van der Waals surface area contributed by atoms with Crippen molar-refractivity contribution in [2.24, 2.45) is 0 Å². The van der Waals surface area contributed by atoms with Crippen LogP contribution in [-0.4, -0.2) is 33.0 Å². The van der Waals surface area contributed by atoms with Gasteiger partial charge < -0.3 is 5.32 Å². The molecule has 0 fully saturated rings. The molecule has 2 aromatic carbocycles. The molecule has 0 spiro atoms. The van der Waals surface area contributed by atoms with Crippen LogP contribution in [0.25, 0.3) is 5.69 Å². The Kier molecular flexibility index (Phi) is 5.28. The summed E-state index contributed by atoms with van der Waals surface area (Å²) in [5.41, 5.74) is 2.09. The first-order chi connectivity index (χ1) is 11.8. The molecule has 1 unspecified atom stereocenters. The zero-order valence-electron chi connectivity index (χ0n) is 13.3. The maximum absolute atomic E-state index is 12.3. The van der Waals surface area contributed by atoms with Gasteiger partial charge in [0.05, 0.1) is 5.25 Å². The summed E-state index contributed by atoms with van der Waals surface area (Å²) in [5.74, 6) is -0.0218. The van der Waals surface area contributed by atoms with Gasteiger partial charge in [-0.25, -0.2) is 0 Å². The molecule has 1 amide bonds. The number of para-hydroxylation sites is 1. The Bertz CT molecular complexity index is 789. The maximum atomic E-state index is 12.3. The largest absolute Gasteiger partial charge is 0.358 e. The molecule has 0 bridgehead atoms. The summed E-state index contributed by atoms with van der Waals surface area (Å²) in [4.78, 5) is 12.3. The molecule has 0 saturated carbocycles. The van der Waals surface area contributed by atoms with Crippen LogP contribution in [0.15, 0.2) is 72.1 Å². The fraction of sp³-hybridized carbons (Fsp3) is 0.167. The molecule has 0 saturated heterocycles. The van der Waals surface area contributed by atoms with Crippen LogP contribution >= 0.6 is 11.8 Å². The molecule has 24 heavy (non-hydrogen) atoms. The first-order valence-electron chi connectivity index (χ1n) is 7.65. The second kappa shape index (κ2) is 7.79. The van der Waals surface area contributed by atoms with Gasteiger partial charge in [0, 0.05) is 12.7 Å². The van der Waals surface area contributed by atoms with Gasteiger partial charge in [0.2, 0.25) is 5.91 Å². The highest BCUT2D eigenvalue weighted by Gasteiger charge is 2.22. The lowest BCUT2D eigenvalue weighted by Crippen LogP contribution is -2.31. The number of nitrogens with one attached hydrogen (secondary N) is 1. The third-order valence-corrected chi connectivity index (χ3v) is 4.76. The van der Waals surface area contributed by atoms with E-state index in [1.807, 2.05) is 65.2 Å². The highest BCUT2D eigenvalue weighted by Crippen LogP contribution is 2.26. The second-order valence-corrected chi connectivity index (χ2v) is 6.40. The average Bonchev–Trinajstić information content (AvgIpc) is 3.10. The van der Waals surface area contributed by atoms with E-state index in [4.69, 9.17) is 0 Å². The summed E-state index contributed by atoms with van der Waals surface area (Å²) in [6.07, 6.45) is 2.30. The van der Waals surface area contributed by atoms with Crippen LogP contribution in [0.1, 0.15) is 5.56 Å². The fourth-order valence-corrected chi connectivity index (χ4v) is 3.49. The molecular weight excluding hydrogens is 320 g/mol. The van der Waals surface area contributed by atoms with Gasteiger partial charge in [0.1, 0.15) is 6.33 Å². The first kappa shape index (κ1) is 16.3. The number of thioether (sulfide) groups is 1. The topological polar surface area (TPSA) is 59.8 Å². The number of nitrogens with zero attached hydrogens (tertiary/aromatic N) is 3. The molecule has 1 N–H and O–H groups in total. The predicted octanol–water partition coefficient (Wildman–Crippen LogP) is 2.72. The lowest BCUT2D eigenvalue weighted by atomic mass is 10.1. The van der Waals surface area contributed by atoms with Crippen LogP contribution in [0.3, 0.4) is 0 Å². The van der Waals surface area contributed by atoms with Crippen molar-refractivity contribution in [3.05, 3.63) is 72.6 Å². The molecule has 0 aliphatic rings. The number of hydrogen-bond donors (Lipinski definition) is 1. The van der Waals surface area contributed by atoms with Crippen LogP contribution in [0, 0.1) is 0 Å². The van der Waals surface area contributed by atoms with E-state index in [1.165, 1.54) is 11.8 Å². The Morgan fingerprint density at radius 1 is 1.12 bits per heavy atom. The summed E-state index contributed by atoms with van der Waals surface area (Å²) in [6, 6.07) is 19.8. The van der Waals surface area contributed by atoms with Crippen LogP contribution in [0.4, 0.5) is 0 Å². The minimum atomic E-state index is -0.274. The van der Waals surface area contributed by atoms with E-state index in [0.29, 0.717) is 11.6 Å². The molecule has 122 valence electrons. The minimum Gasteiger partial charge on any atom is -0.358 e. The number of carbonyl (C=O) groups is 1. The zero-order valence-corrected chi connectivity index (χ0v) is 14.1. The van der Waals surface area contributed by atoms with E-state index in [2.05, 4.69) is 15.5 Å². The molecule has 0 aliphatic heterocycles. The number of carbonyl (C=O) groups excluding carboxylic acids is 1. The maximum Gasteiger partial charge on any atom is 0.233 e. The van der Waals surface area contributed by atoms with E-state index >= 15 is 0 Å². The molecule has 1 atom stereocenters. The highest BCUT2D eigenvalue weighted by molar-refractivity contribution is 8.00. The molecule has 0 radical (unpaired) electrons. The minimum absolute atomic E-state index is 0.0218. The molecule has 3 rings (SSSR count). The van der Waals surface area contributed by atoms with E-state index in [1.54, 1.807) is 13.4 Å². The summed E-state index contributed by atoms with van der Waals surface area (Å²) >= 11 is 1.42. The van der Waals surface area contributed by atoms with Crippen molar-refractivity contribution < 1.29 is 4.79 Å². The van der Waals surface area contributed by atoms with Crippen molar-refractivity contribution in [3.63, 3.8) is 0 Å². The van der Waals surface area contributed by atoms with Crippen LogP contribution in [0.2, 0.25) is 0 Å². The number of rotatable bonds is 6. The third kappa shape index (κ3) is 3.83. The molecule has 1 aromatic heterocycles. The summed E-state index contributed by atoms with van der Waals surface area (Å²) in [5, 5.41) is 11.4. The quantitative estimate of drug-likeness (QED) is 0.702. The number of hydrogen-bond acceptors (Lipinski definition) is 4. The Balaban J connectivity index is 1.84. The number of aromatic nitrogens is 3. The molecule has 5 nitrogen and oxygen atoms in total. The normalized spacial score (nSPS) is 11.9. The first-order valence-corrected chi connectivity index (χ1v) is 8.53. The van der Waals surface area contributed by atoms with Crippen molar-refractivity contribution in [3.8, 4) is 5.69 Å². The van der Waals surface area contributed by atoms with Crippen molar-refractivity contribution in [2.75, 3.05) is 7.05 Å². The van der Waals surface area contributed by atoms with Crippen molar-refractivity contribution in [1.82, 2.24) is 20.1 Å². The number of amides is 1. The molecule has 6 heteroatoms. The van der Waals surface area contributed by atoms with Crippen LogP contribution in [0.5, 0.6) is 0 Å². The van der Waals surface area contributed by atoms with Gasteiger partial charge in [0.25, 0.3) is 0 Å². The van der Waals surface area contributed by atoms with Crippen molar-refractivity contribution in [2.45, 2.75) is 16.8 Å². The summed E-state index contributed by atoms with van der Waals surface area (Å²) in [7, 11) is 1.66. The van der Waals surface area contributed by atoms with Gasteiger partial charge in [-0.3, -0.25) is 9.36 Å². The third-order valence-electron chi connectivity index (χ3n) is 3.60. The van der Waals surface area contributed by atoms with Gasteiger partial charge in [-0.15, -0.1) is 10.2 Å². The standard InChI is InChI=1S/C18H18N4OS/c1-19-17(23)16(12-14-8-4-2-5-9-14)24-18-21-20-13-22(18)15-10-6-3-7-11-15/h2-11,13,16H,12H2,1H3,(H,19,23). The predicted molar refractivity (Wildman–Crippen MR) is 95.2 cm³/mol. The smallest absolute Gasteiger partial charge is 0.233 e. The average molecular weight is 338 g/mol. The monoisotopic (exact) mass is 338 g/mol. The van der Waals surface area contributed by atoms with Gasteiger partial charge >= 0.3 is 0 Å². The van der Waals surface area contributed by atoms with Crippen molar-refractivity contribution in [1.29, 1.82) is 0 Å². The lowest BCUT2D eigenvalue weighted by Gasteiger charge is -2.15. The van der Waals surface area contributed by atoms with Gasteiger partial charge in [-0.2, -0.15) is 0 Å². The lowest BCUT2D eigenvalue weighted by molar-refractivity contribution is -0.120. The highest BCUT2D eigenvalue weighted by atomic mass is 32.2. The Labute approximate surface area is 145 Å². The van der Waals surface area contributed by atoms with E-state index in [-0.39, 0.29) is 11.2 Å². The van der Waals surface area contributed by atoms with Crippen molar-refractivity contribution >= 4 is 17.7 Å². The summed E-state index contributed by atoms with van der Waals surface area (Å²) in [6.45, 7) is 0. The van der Waals surface area contributed by atoms with E-state index < -0.39 is 0 Å². The zero-order chi connectivity index (χ0) is 16.8. The van der Waals surface area contributed by atoms with Crippen LogP contribution < -0.4 is 5.32 Å². The molecule has 3 aromatic rings. The molecule has 0 aliphatic carbocycles. The van der Waals surface area contributed by atoms with Gasteiger partial charge in [-0.05, 0) is 24.1 Å². The second-order valence-electron chi connectivity index (χ2n) is 5.23. The SMILES string of the molecule is CNC(=O)C(Cc1ccccc1)Sc1nncn1-c1ccccc1. The molecule has 1 heterocycles. The fourth-order valence-electron chi connectivity index (χ4n) is 2.37.